The zero-order chi connectivity index (χ0) is 14.0. The minimum atomic E-state index is -1.08. The van der Waals surface area contributed by atoms with Gasteiger partial charge >= 0.3 is 5.97 Å². The summed E-state index contributed by atoms with van der Waals surface area (Å²) in [5.74, 6) is -0.479. The largest absolute Gasteiger partial charge is 0.478 e. The highest BCUT2D eigenvalue weighted by molar-refractivity contribution is 5.94. The molecule has 0 bridgehead atoms. The van der Waals surface area contributed by atoms with Gasteiger partial charge in [0.2, 0.25) is 0 Å². The number of hydrogen-bond donors (Lipinski definition) is 2. The van der Waals surface area contributed by atoms with E-state index in [-0.39, 0.29) is 17.3 Å². The van der Waals surface area contributed by atoms with Gasteiger partial charge in [-0.3, -0.25) is 10.1 Å². The summed E-state index contributed by atoms with van der Waals surface area (Å²) < 4.78 is 0. The van der Waals surface area contributed by atoms with Crippen molar-refractivity contribution in [3.05, 3.63) is 33.9 Å². The van der Waals surface area contributed by atoms with Gasteiger partial charge in [0.25, 0.3) is 5.69 Å². The highest BCUT2D eigenvalue weighted by atomic mass is 16.6. The van der Waals surface area contributed by atoms with Crippen molar-refractivity contribution < 1.29 is 14.8 Å². The van der Waals surface area contributed by atoms with E-state index in [2.05, 4.69) is 12.2 Å². The van der Waals surface area contributed by atoms with Crippen LogP contribution in [0.5, 0.6) is 0 Å². The molecule has 0 amide bonds. The van der Waals surface area contributed by atoms with Crippen molar-refractivity contribution in [1.82, 2.24) is 0 Å². The quantitative estimate of drug-likeness (QED) is 0.644. The Morgan fingerprint density at radius 2 is 2.21 bits per heavy atom. The number of nitro benzene ring substituents is 1. The lowest BCUT2D eigenvalue weighted by atomic mass is 10.1. The molecule has 1 aromatic rings. The average Bonchev–Trinajstić information content (AvgIpc) is 2.74. The van der Waals surface area contributed by atoms with Crippen molar-refractivity contribution in [1.29, 1.82) is 0 Å². The van der Waals surface area contributed by atoms with Crippen molar-refractivity contribution in [2.24, 2.45) is 5.92 Å². The van der Waals surface area contributed by atoms with Gasteiger partial charge in [-0.15, -0.1) is 0 Å². The summed E-state index contributed by atoms with van der Waals surface area (Å²) in [6, 6.07) is 3.98. The molecule has 0 heterocycles. The van der Waals surface area contributed by atoms with Crippen molar-refractivity contribution in [3.8, 4) is 0 Å². The fourth-order valence-electron chi connectivity index (χ4n) is 2.51. The molecule has 0 saturated heterocycles. The Hall–Kier alpha value is -2.11. The van der Waals surface area contributed by atoms with Gasteiger partial charge in [-0.05, 0) is 31.2 Å². The number of benzene rings is 1. The number of anilines is 1. The van der Waals surface area contributed by atoms with Crippen LogP contribution in [0.3, 0.4) is 0 Å². The molecule has 2 atom stereocenters. The minimum Gasteiger partial charge on any atom is -0.478 e. The van der Waals surface area contributed by atoms with E-state index in [4.69, 9.17) is 5.11 Å². The molecular formula is C13H16N2O4. The Kier molecular flexibility index (Phi) is 3.69. The molecule has 1 aliphatic rings. The van der Waals surface area contributed by atoms with Crippen LogP contribution in [0.1, 0.15) is 36.5 Å². The predicted molar refractivity (Wildman–Crippen MR) is 70.5 cm³/mol. The fourth-order valence-corrected chi connectivity index (χ4v) is 2.51. The van der Waals surface area contributed by atoms with Gasteiger partial charge in [0.1, 0.15) is 0 Å². The van der Waals surface area contributed by atoms with Gasteiger partial charge in [0, 0.05) is 18.2 Å². The first-order valence-corrected chi connectivity index (χ1v) is 6.25. The minimum absolute atomic E-state index is 0.0742. The van der Waals surface area contributed by atoms with Crippen LogP contribution in [0, 0.1) is 16.0 Å². The number of rotatable bonds is 4. The van der Waals surface area contributed by atoms with E-state index in [0.29, 0.717) is 11.6 Å². The average molecular weight is 264 g/mol. The summed E-state index contributed by atoms with van der Waals surface area (Å²) in [6.07, 6.45) is 3.01. The molecule has 102 valence electrons. The zero-order valence-electron chi connectivity index (χ0n) is 10.6. The van der Waals surface area contributed by atoms with Gasteiger partial charge in [-0.2, -0.15) is 0 Å². The van der Waals surface area contributed by atoms with E-state index < -0.39 is 10.9 Å². The summed E-state index contributed by atoms with van der Waals surface area (Å²) in [7, 11) is 0. The van der Waals surface area contributed by atoms with Gasteiger partial charge in [0.15, 0.2) is 0 Å². The molecule has 0 aliphatic heterocycles. The molecule has 6 nitrogen and oxygen atoms in total. The summed E-state index contributed by atoms with van der Waals surface area (Å²) in [5.41, 5.74) is 0.310. The number of aromatic carboxylic acids is 1. The van der Waals surface area contributed by atoms with Gasteiger partial charge in [-0.25, -0.2) is 4.79 Å². The standard InChI is InChI=1S/C13H16N2O4/c1-8-2-3-9(6-8)14-12-7-10(15(18)19)4-5-11(12)13(16)17/h4-5,7-9,14H,2-3,6H2,1H3,(H,16,17). The summed E-state index contributed by atoms with van der Waals surface area (Å²) in [6.45, 7) is 2.15. The number of carboxylic acids is 1. The van der Waals surface area contributed by atoms with Crippen LogP contribution in [-0.2, 0) is 0 Å². The van der Waals surface area contributed by atoms with Crippen LogP contribution >= 0.6 is 0 Å². The molecule has 6 heteroatoms. The van der Waals surface area contributed by atoms with E-state index in [1.54, 1.807) is 0 Å². The summed E-state index contributed by atoms with van der Waals surface area (Å²) >= 11 is 0. The van der Waals surface area contributed by atoms with Crippen molar-refractivity contribution in [2.75, 3.05) is 5.32 Å². The Labute approximate surface area is 110 Å². The van der Waals surface area contributed by atoms with Crippen LogP contribution in [0.4, 0.5) is 11.4 Å². The molecule has 0 radical (unpaired) electrons. The predicted octanol–water partition coefficient (Wildman–Crippen LogP) is 2.89. The maximum Gasteiger partial charge on any atom is 0.337 e. The Balaban J connectivity index is 2.27. The third-order valence-electron chi connectivity index (χ3n) is 3.50. The smallest absolute Gasteiger partial charge is 0.337 e. The fraction of sp³-hybridized carbons (Fsp3) is 0.462. The summed E-state index contributed by atoms with van der Waals surface area (Å²) in [4.78, 5) is 21.4. The van der Waals surface area contributed by atoms with E-state index >= 15 is 0 Å². The third kappa shape index (κ3) is 3.01. The van der Waals surface area contributed by atoms with Crippen LogP contribution in [-0.4, -0.2) is 22.0 Å². The van der Waals surface area contributed by atoms with Gasteiger partial charge in [-0.1, -0.05) is 6.92 Å². The number of nitro groups is 1. The number of nitrogens with one attached hydrogen (secondary N) is 1. The lowest BCUT2D eigenvalue weighted by molar-refractivity contribution is -0.384. The Morgan fingerprint density at radius 1 is 1.47 bits per heavy atom. The van der Waals surface area contributed by atoms with E-state index in [1.807, 2.05) is 0 Å². The van der Waals surface area contributed by atoms with Crippen LogP contribution in [0.15, 0.2) is 18.2 Å². The first-order chi connectivity index (χ1) is 8.97. The zero-order valence-corrected chi connectivity index (χ0v) is 10.6. The second-order valence-corrected chi connectivity index (χ2v) is 5.05. The number of carboxylic acid groups (broad SMARTS) is 1. The lowest BCUT2D eigenvalue weighted by Gasteiger charge is -2.15. The van der Waals surface area contributed by atoms with Crippen molar-refractivity contribution >= 4 is 17.3 Å². The highest BCUT2D eigenvalue weighted by Gasteiger charge is 2.23. The van der Waals surface area contributed by atoms with Crippen LogP contribution in [0.2, 0.25) is 0 Å². The molecule has 1 fully saturated rings. The van der Waals surface area contributed by atoms with Crippen molar-refractivity contribution in [2.45, 2.75) is 32.2 Å². The van der Waals surface area contributed by atoms with Crippen LogP contribution < -0.4 is 5.32 Å². The van der Waals surface area contributed by atoms with Crippen molar-refractivity contribution in [3.63, 3.8) is 0 Å². The molecule has 2 unspecified atom stereocenters. The molecular weight excluding hydrogens is 248 g/mol. The molecule has 1 saturated carbocycles. The SMILES string of the molecule is CC1CCC(Nc2cc([N+](=O)[O-])ccc2C(=O)O)C1. The van der Waals surface area contributed by atoms with E-state index in [0.717, 1.165) is 19.3 Å². The normalized spacial score (nSPS) is 22.2. The second-order valence-electron chi connectivity index (χ2n) is 5.05. The maximum atomic E-state index is 11.1. The van der Waals surface area contributed by atoms with E-state index in [1.165, 1.54) is 18.2 Å². The molecule has 19 heavy (non-hydrogen) atoms. The molecule has 1 aromatic carbocycles. The monoisotopic (exact) mass is 264 g/mol. The first-order valence-electron chi connectivity index (χ1n) is 6.25. The molecule has 2 rings (SSSR count). The lowest BCUT2D eigenvalue weighted by Crippen LogP contribution is -2.17. The number of carbonyl (C=O) groups is 1. The molecule has 2 N–H and O–H groups in total. The van der Waals surface area contributed by atoms with Gasteiger partial charge in [0.05, 0.1) is 16.2 Å². The first kappa shape index (κ1) is 13.3. The maximum absolute atomic E-state index is 11.1. The molecule has 0 spiro atoms. The topological polar surface area (TPSA) is 92.5 Å². The Bertz CT molecular complexity index is 515. The number of nitrogens with zero attached hydrogens (tertiary/aromatic N) is 1. The number of hydrogen-bond acceptors (Lipinski definition) is 4. The highest BCUT2D eigenvalue weighted by Crippen LogP contribution is 2.30. The van der Waals surface area contributed by atoms with Crippen LogP contribution in [0.25, 0.3) is 0 Å². The second kappa shape index (κ2) is 5.26. The molecule has 1 aliphatic carbocycles. The van der Waals surface area contributed by atoms with E-state index in [9.17, 15) is 14.9 Å². The molecule has 0 aromatic heterocycles. The third-order valence-corrected chi connectivity index (χ3v) is 3.50. The Morgan fingerprint density at radius 3 is 2.74 bits per heavy atom. The summed E-state index contributed by atoms with van der Waals surface area (Å²) in [5, 5.41) is 23.0. The number of non-ortho nitro benzene ring substituents is 1. The van der Waals surface area contributed by atoms with Gasteiger partial charge < -0.3 is 10.4 Å².